The molecule has 0 unspecified atom stereocenters. The van der Waals surface area contributed by atoms with E-state index in [-0.39, 0.29) is 5.69 Å². The molecule has 0 aliphatic rings. The first-order valence-corrected chi connectivity index (χ1v) is 4.93. The van der Waals surface area contributed by atoms with Gasteiger partial charge >= 0.3 is 5.97 Å². The largest absolute Gasteiger partial charge is 0.480 e. The van der Waals surface area contributed by atoms with Crippen molar-refractivity contribution < 1.29 is 19.5 Å². The van der Waals surface area contributed by atoms with Crippen LogP contribution in [0.4, 0.5) is 0 Å². The quantitative estimate of drug-likeness (QED) is 0.582. The monoisotopic (exact) mass is 244 g/mol. The van der Waals surface area contributed by atoms with Crippen LogP contribution in [-0.4, -0.2) is 38.5 Å². The van der Waals surface area contributed by atoms with Crippen molar-refractivity contribution in [2.45, 2.75) is 12.5 Å². The predicted octanol–water partition coefficient (Wildman–Crippen LogP) is -1.40. The first-order chi connectivity index (χ1) is 7.50. The maximum atomic E-state index is 11.4. The van der Waals surface area contributed by atoms with E-state index in [1.54, 1.807) is 0 Å². The van der Waals surface area contributed by atoms with Crippen LogP contribution in [0.15, 0.2) is 5.38 Å². The number of hydrogen-bond acceptors (Lipinski definition) is 6. The summed E-state index contributed by atoms with van der Waals surface area (Å²) in [6.07, 6.45) is -0.474. The van der Waals surface area contributed by atoms with E-state index in [4.69, 9.17) is 10.8 Å². The molecule has 0 aromatic carbocycles. The minimum atomic E-state index is -1.35. The van der Waals surface area contributed by atoms with E-state index in [1.165, 1.54) is 5.38 Å². The van der Waals surface area contributed by atoms with E-state index in [1.807, 2.05) is 0 Å². The first kappa shape index (κ1) is 12.0. The van der Waals surface area contributed by atoms with Crippen LogP contribution in [-0.2, 0) is 9.59 Å². The molecule has 0 aliphatic heterocycles. The maximum absolute atomic E-state index is 11.4. The Morgan fingerprint density at radius 1 is 1.56 bits per heavy atom. The molecule has 1 heterocycles. The molecule has 1 aromatic heterocycles. The molecule has 8 nitrogen and oxygen atoms in total. The second-order valence-corrected chi connectivity index (χ2v) is 3.43. The normalized spacial score (nSPS) is 11.8. The molecule has 0 saturated heterocycles. The third-order valence-electron chi connectivity index (χ3n) is 1.60. The van der Waals surface area contributed by atoms with Crippen LogP contribution in [0.1, 0.15) is 16.9 Å². The molecule has 0 aliphatic carbocycles. The van der Waals surface area contributed by atoms with Gasteiger partial charge in [0.05, 0.1) is 6.42 Å². The number of aromatic nitrogens is 2. The summed E-state index contributed by atoms with van der Waals surface area (Å²) < 4.78 is 3.45. The highest BCUT2D eigenvalue weighted by Crippen LogP contribution is 1.99. The summed E-state index contributed by atoms with van der Waals surface area (Å²) in [7, 11) is 0. The molecule has 0 fully saturated rings. The Hall–Kier alpha value is -2.03. The topological polar surface area (TPSA) is 135 Å². The van der Waals surface area contributed by atoms with Crippen LogP contribution in [0.2, 0.25) is 0 Å². The number of rotatable bonds is 5. The summed E-state index contributed by atoms with van der Waals surface area (Å²) in [6.45, 7) is 0. The lowest BCUT2D eigenvalue weighted by atomic mass is 10.2. The Bertz CT molecular complexity index is 405. The van der Waals surface area contributed by atoms with Gasteiger partial charge in [-0.05, 0) is 11.5 Å². The van der Waals surface area contributed by atoms with Crippen LogP contribution in [0, 0.1) is 0 Å². The fourth-order valence-electron chi connectivity index (χ4n) is 0.897. The van der Waals surface area contributed by atoms with Crippen LogP contribution in [0.5, 0.6) is 0 Å². The van der Waals surface area contributed by atoms with Gasteiger partial charge in [0.2, 0.25) is 5.91 Å². The van der Waals surface area contributed by atoms with E-state index in [2.05, 4.69) is 14.9 Å². The molecule has 0 bridgehead atoms. The average Bonchev–Trinajstić information content (AvgIpc) is 2.68. The number of carbonyl (C=O) groups is 3. The first-order valence-electron chi connectivity index (χ1n) is 4.09. The molecule has 86 valence electrons. The fourth-order valence-corrected chi connectivity index (χ4v) is 1.33. The van der Waals surface area contributed by atoms with E-state index in [0.717, 1.165) is 11.5 Å². The van der Waals surface area contributed by atoms with Gasteiger partial charge in [-0.15, -0.1) is 5.10 Å². The number of nitrogens with one attached hydrogen (secondary N) is 1. The molecule has 1 aromatic rings. The average molecular weight is 244 g/mol. The van der Waals surface area contributed by atoms with Crippen molar-refractivity contribution in [1.29, 1.82) is 0 Å². The van der Waals surface area contributed by atoms with Crippen molar-refractivity contribution in [3.05, 3.63) is 11.1 Å². The Morgan fingerprint density at radius 2 is 2.25 bits per heavy atom. The molecule has 0 saturated carbocycles. The number of aliphatic carboxylic acids is 1. The number of carboxylic acids is 1. The maximum Gasteiger partial charge on any atom is 0.326 e. The highest BCUT2D eigenvalue weighted by atomic mass is 32.1. The summed E-state index contributed by atoms with van der Waals surface area (Å²) in [5.41, 5.74) is 4.85. The van der Waals surface area contributed by atoms with Crippen molar-refractivity contribution in [2.24, 2.45) is 5.73 Å². The molecule has 1 rings (SSSR count). The fraction of sp³-hybridized carbons (Fsp3) is 0.286. The Balaban J connectivity index is 2.65. The standard InChI is InChI=1S/C7H8N4O4S/c8-5(12)1-3(7(14)15)9-6(13)4-2-16-11-10-4/h2-3H,1H2,(H2,8,12)(H,9,13)(H,14,15)/t3-/m0/s1. The molecule has 0 radical (unpaired) electrons. The molecular weight excluding hydrogens is 236 g/mol. The SMILES string of the molecule is NC(=O)C[C@H](NC(=O)c1csnn1)C(=O)O. The smallest absolute Gasteiger partial charge is 0.326 e. The van der Waals surface area contributed by atoms with Gasteiger partial charge < -0.3 is 16.2 Å². The summed E-state index contributed by atoms with van der Waals surface area (Å²) in [6, 6.07) is -1.35. The summed E-state index contributed by atoms with van der Waals surface area (Å²) in [4.78, 5) is 32.6. The molecule has 0 spiro atoms. The van der Waals surface area contributed by atoms with E-state index in [9.17, 15) is 14.4 Å². The third kappa shape index (κ3) is 3.28. The number of amides is 2. The highest BCUT2D eigenvalue weighted by molar-refractivity contribution is 7.03. The lowest BCUT2D eigenvalue weighted by Crippen LogP contribution is -2.43. The van der Waals surface area contributed by atoms with Gasteiger partial charge in [-0.3, -0.25) is 9.59 Å². The van der Waals surface area contributed by atoms with Crippen molar-refractivity contribution in [3.8, 4) is 0 Å². The highest BCUT2D eigenvalue weighted by Gasteiger charge is 2.23. The Labute approximate surface area is 93.6 Å². The van der Waals surface area contributed by atoms with Gasteiger partial charge in [-0.2, -0.15) is 0 Å². The zero-order chi connectivity index (χ0) is 12.1. The molecule has 2 amide bonds. The van der Waals surface area contributed by atoms with Crippen LogP contribution in [0.3, 0.4) is 0 Å². The number of nitrogens with two attached hydrogens (primary N) is 1. The number of hydrogen-bond donors (Lipinski definition) is 3. The summed E-state index contributed by atoms with van der Waals surface area (Å²) >= 11 is 0.956. The van der Waals surface area contributed by atoms with E-state index < -0.39 is 30.2 Å². The Kier molecular flexibility index (Phi) is 3.89. The summed E-state index contributed by atoms with van der Waals surface area (Å²) in [5.74, 6) is -2.86. The number of primary amides is 1. The molecular formula is C7H8N4O4S. The Morgan fingerprint density at radius 3 is 2.69 bits per heavy atom. The minimum Gasteiger partial charge on any atom is -0.480 e. The van der Waals surface area contributed by atoms with Crippen molar-refractivity contribution >= 4 is 29.3 Å². The zero-order valence-electron chi connectivity index (χ0n) is 7.91. The zero-order valence-corrected chi connectivity index (χ0v) is 8.73. The van der Waals surface area contributed by atoms with E-state index >= 15 is 0 Å². The predicted molar refractivity (Wildman–Crippen MR) is 52.6 cm³/mol. The van der Waals surface area contributed by atoms with Gasteiger partial charge in [-0.25, -0.2) is 4.79 Å². The van der Waals surface area contributed by atoms with Crippen LogP contribution in [0.25, 0.3) is 0 Å². The third-order valence-corrected chi connectivity index (χ3v) is 2.11. The van der Waals surface area contributed by atoms with E-state index in [0.29, 0.717) is 0 Å². The van der Waals surface area contributed by atoms with Crippen molar-refractivity contribution in [3.63, 3.8) is 0 Å². The van der Waals surface area contributed by atoms with Gasteiger partial charge in [0, 0.05) is 5.38 Å². The lowest BCUT2D eigenvalue weighted by Gasteiger charge is -2.10. The number of carbonyl (C=O) groups excluding carboxylic acids is 2. The summed E-state index contributed by atoms with van der Waals surface area (Å²) in [5, 5.41) is 15.6. The van der Waals surface area contributed by atoms with Gasteiger partial charge in [-0.1, -0.05) is 4.49 Å². The van der Waals surface area contributed by atoms with Crippen LogP contribution < -0.4 is 11.1 Å². The van der Waals surface area contributed by atoms with Crippen molar-refractivity contribution in [1.82, 2.24) is 14.9 Å². The van der Waals surface area contributed by atoms with Gasteiger partial charge in [0.15, 0.2) is 5.69 Å². The van der Waals surface area contributed by atoms with Crippen molar-refractivity contribution in [2.75, 3.05) is 0 Å². The lowest BCUT2D eigenvalue weighted by molar-refractivity contribution is -0.140. The molecule has 4 N–H and O–H groups in total. The molecule has 9 heteroatoms. The van der Waals surface area contributed by atoms with Gasteiger partial charge in [0.1, 0.15) is 6.04 Å². The van der Waals surface area contributed by atoms with Crippen LogP contribution >= 0.6 is 11.5 Å². The molecule has 16 heavy (non-hydrogen) atoms. The molecule has 1 atom stereocenters. The second kappa shape index (κ2) is 5.16. The number of carboxylic acid groups (broad SMARTS) is 1. The second-order valence-electron chi connectivity index (χ2n) is 2.82. The number of nitrogens with zero attached hydrogens (tertiary/aromatic N) is 2. The van der Waals surface area contributed by atoms with Gasteiger partial charge in [0.25, 0.3) is 5.91 Å². The minimum absolute atomic E-state index is 0.000667.